The minimum atomic E-state index is 0.594. The Morgan fingerprint density at radius 3 is 2.38 bits per heavy atom. The van der Waals surface area contributed by atoms with Crippen molar-refractivity contribution in [3.8, 4) is 0 Å². The SMILES string of the molecule is CCCNCCC(C)N(CCOC)C(C)C. The fraction of sp³-hybridized carbons (Fsp3) is 1.00. The Hall–Kier alpha value is -0.120. The average Bonchev–Trinajstić information content (AvgIpc) is 2.24. The van der Waals surface area contributed by atoms with E-state index in [1.807, 2.05) is 0 Å². The quantitative estimate of drug-likeness (QED) is 0.582. The molecule has 0 fully saturated rings. The molecule has 0 saturated heterocycles. The van der Waals surface area contributed by atoms with Gasteiger partial charge in [-0.05, 0) is 46.7 Å². The highest BCUT2D eigenvalue weighted by Crippen LogP contribution is 2.08. The lowest BCUT2D eigenvalue weighted by Crippen LogP contribution is -2.42. The Labute approximate surface area is 102 Å². The second-order valence-electron chi connectivity index (χ2n) is 4.71. The fourth-order valence-electron chi connectivity index (χ4n) is 1.96. The summed E-state index contributed by atoms with van der Waals surface area (Å²) in [5.41, 5.74) is 0. The second-order valence-corrected chi connectivity index (χ2v) is 4.71. The molecule has 1 atom stereocenters. The lowest BCUT2D eigenvalue weighted by Gasteiger charge is -2.32. The van der Waals surface area contributed by atoms with Gasteiger partial charge in [-0.15, -0.1) is 0 Å². The number of nitrogens with zero attached hydrogens (tertiary/aromatic N) is 1. The molecule has 0 saturated carbocycles. The molecule has 0 radical (unpaired) electrons. The molecule has 98 valence electrons. The number of hydrogen-bond donors (Lipinski definition) is 1. The molecule has 0 heterocycles. The number of nitrogens with one attached hydrogen (secondary N) is 1. The highest BCUT2D eigenvalue weighted by Gasteiger charge is 2.15. The van der Waals surface area contributed by atoms with Gasteiger partial charge in [0.25, 0.3) is 0 Å². The van der Waals surface area contributed by atoms with E-state index < -0.39 is 0 Å². The Morgan fingerprint density at radius 2 is 1.88 bits per heavy atom. The highest BCUT2D eigenvalue weighted by molar-refractivity contribution is 4.71. The summed E-state index contributed by atoms with van der Waals surface area (Å²) in [6, 6.07) is 1.22. The molecule has 0 spiro atoms. The van der Waals surface area contributed by atoms with Crippen molar-refractivity contribution in [2.75, 3.05) is 33.4 Å². The van der Waals surface area contributed by atoms with Crippen LogP contribution in [-0.4, -0.2) is 50.3 Å². The van der Waals surface area contributed by atoms with Crippen molar-refractivity contribution in [2.24, 2.45) is 0 Å². The van der Waals surface area contributed by atoms with Gasteiger partial charge in [0.2, 0.25) is 0 Å². The van der Waals surface area contributed by atoms with Crippen molar-refractivity contribution < 1.29 is 4.74 Å². The number of methoxy groups -OCH3 is 1. The van der Waals surface area contributed by atoms with Crippen molar-refractivity contribution >= 4 is 0 Å². The van der Waals surface area contributed by atoms with E-state index in [1.165, 1.54) is 12.8 Å². The molecule has 0 bridgehead atoms. The molecule has 16 heavy (non-hydrogen) atoms. The van der Waals surface area contributed by atoms with Crippen LogP contribution in [0, 0.1) is 0 Å². The summed E-state index contributed by atoms with van der Waals surface area (Å²) < 4.78 is 5.16. The standard InChI is InChI=1S/C13H30N2O/c1-6-8-14-9-7-13(4)15(12(2)3)10-11-16-5/h12-14H,6-11H2,1-5H3. The zero-order chi connectivity index (χ0) is 12.4. The van der Waals surface area contributed by atoms with Gasteiger partial charge in [0.1, 0.15) is 0 Å². The normalized spacial score (nSPS) is 13.7. The molecule has 0 aromatic carbocycles. The molecule has 0 aliphatic carbocycles. The van der Waals surface area contributed by atoms with Crippen LogP contribution in [0.5, 0.6) is 0 Å². The van der Waals surface area contributed by atoms with Crippen molar-refractivity contribution in [1.82, 2.24) is 10.2 Å². The van der Waals surface area contributed by atoms with E-state index in [-0.39, 0.29) is 0 Å². The minimum absolute atomic E-state index is 0.594. The molecule has 0 rings (SSSR count). The summed E-state index contributed by atoms with van der Waals surface area (Å²) in [6.07, 6.45) is 2.42. The first-order valence-electron chi connectivity index (χ1n) is 6.58. The molecule has 0 amide bonds. The summed E-state index contributed by atoms with van der Waals surface area (Å²) in [4.78, 5) is 2.51. The van der Waals surface area contributed by atoms with Gasteiger partial charge < -0.3 is 10.1 Å². The molecule has 0 aliphatic rings. The van der Waals surface area contributed by atoms with Crippen LogP contribution >= 0.6 is 0 Å². The summed E-state index contributed by atoms with van der Waals surface area (Å²) >= 11 is 0. The van der Waals surface area contributed by atoms with Gasteiger partial charge in [-0.25, -0.2) is 0 Å². The fourth-order valence-corrected chi connectivity index (χ4v) is 1.96. The van der Waals surface area contributed by atoms with Crippen molar-refractivity contribution in [2.45, 2.75) is 52.6 Å². The largest absolute Gasteiger partial charge is 0.383 e. The summed E-state index contributed by atoms with van der Waals surface area (Å²) in [7, 11) is 1.77. The molecule has 0 aromatic heterocycles. The molecule has 0 aromatic rings. The molecular weight excluding hydrogens is 200 g/mol. The first kappa shape index (κ1) is 15.9. The molecular formula is C13H30N2O. The molecule has 0 aliphatic heterocycles. The van der Waals surface area contributed by atoms with Crippen LogP contribution in [0.2, 0.25) is 0 Å². The van der Waals surface area contributed by atoms with Crippen LogP contribution in [0.3, 0.4) is 0 Å². The maximum absolute atomic E-state index is 5.16. The van der Waals surface area contributed by atoms with Crippen LogP contribution in [-0.2, 0) is 4.74 Å². The molecule has 1 N–H and O–H groups in total. The van der Waals surface area contributed by atoms with Crippen molar-refractivity contribution in [3.05, 3.63) is 0 Å². The average molecular weight is 230 g/mol. The lowest BCUT2D eigenvalue weighted by molar-refractivity contribution is 0.0983. The lowest BCUT2D eigenvalue weighted by atomic mass is 10.1. The van der Waals surface area contributed by atoms with Gasteiger partial charge in [0.05, 0.1) is 6.61 Å². The molecule has 3 nitrogen and oxygen atoms in total. The van der Waals surface area contributed by atoms with Crippen molar-refractivity contribution in [1.29, 1.82) is 0 Å². The number of ether oxygens (including phenoxy) is 1. The first-order chi connectivity index (χ1) is 7.63. The second kappa shape index (κ2) is 10.1. The number of rotatable bonds is 10. The van der Waals surface area contributed by atoms with Crippen molar-refractivity contribution in [3.63, 3.8) is 0 Å². The molecule has 3 heteroatoms. The van der Waals surface area contributed by atoms with Gasteiger partial charge in [-0.3, -0.25) is 4.90 Å². The molecule has 1 unspecified atom stereocenters. The number of hydrogen-bond acceptors (Lipinski definition) is 3. The van der Waals surface area contributed by atoms with Gasteiger partial charge in [-0.2, -0.15) is 0 Å². The van der Waals surface area contributed by atoms with E-state index in [9.17, 15) is 0 Å². The Morgan fingerprint density at radius 1 is 1.19 bits per heavy atom. The van der Waals surface area contributed by atoms with Crippen LogP contribution in [0.25, 0.3) is 0 Å². The first-order valence-corrected chi connectivity index (χ1v) is 6.58. The van der Waals surface area contributed by atoms with E-state index in [0.717, 1.165) is 26.2 Å². The Bertz CT molecular complexity index is 151. The third kappa shape index (κ3) is 7.20. The van der Waals surface area contributed by atoms with Crippen LogP contribution < -0.4 is 5.32 Å². The van der Waals surface area contributed by atoms with E-state index in [4.69, 9.17) is 4.74 Å². The van der Waals surface area contributed by atoms with Gasteiger partial charge in [0.15, 0.2) is 0 Å². The van der Waals surface area contributed by atoms with Gasteiger partial charge >= 0.3 is 0 Å². The summed E-state index contributed by atoms with van der Waals surface area (Å²) in [5.74, 6) is 0. The zero-order valence-corrected chi connectivity index (χ0v) is 11.8. The van der Waals surface area contributed by atoms with E-state index in [1.54, 1.807) is 7.11 Å². The third-order valence-electron chi connectivity index (χ3n) is 2.95. The predicted molar refractivity (Wildman–Crippen MR) is 71.0 cm³/mol. The van der Waals surface area contributed by atoms with E-state index in [2.05, 4.69) is 37.9 Å². The third-order valence-corrected chi connectivity index (χ3v) is 2.95. The highest BCUT2D eigenvalue weighted by atomic mass is 16.5. The Kier molecular flexibility index (Phi) is 9.99. The minimum Gasteiger partial charge on any atom is -0.383 e. The predicted octanol–water partition coefficient (Wildman–Crippen LogP) is 2.12. The maximum atomic E-state index is 5.16. The van der Waals surface area contributed by atoms with Crippen LogP contribution in [0.15, 0.2) is 0 Å². The zero-order valence-electron chi connectivity index (χ0n) is 11.8. The van der Waals surface area contributed by atoms with Crippen LogP contribution in [0.4, 0.5) is 0 Å². The van der Waals surface area contributed by atoms with E-state index >= 15 is 0 Å². The summed E-state index contributed by atoms with van der Waals surface area (Å²) in [6.45, 7) is 13.1. The van der Waals surface area contributed by atoms with E-state index in [0.29, 0.717) is 12.1 Å². The van der Waals surface area contributed by atoms with Gasteiger partial charge in [0, 0.05) is 25.7 Å². The maximum Gasteiger partial charge on any atom is 0.0589 e. The van der Waals surface area contributed by atoms with Gasteiger partial charge in [-0.1, -0.05) is 6.92 Å². The Balaban J connectivity index is 3.82. The van der Waals surface area contributed by atoms with Crippen LogP contribution in [0.1, 0.15) is 40.5 Å². The smallest absolute Gasteiger partial charge is 0.0589 e. The monoisotopic (exact) mass is 230 g/mol. The summed E-state index contributed by atoms with van der Waals surface area (Å²) in [5, 5.41) is 3.46. The topological polar surface area (TPSA) is 24.5 Å².